The summed E-state index contributed by atoms with van der Waals surface area (Å²) in [5.74, 6) is 1.93. The van der Waals surface area contributed by atoms with Crippen molar-refractivity contribution in [2.24, 2.45) is 17.8 Å². The highest BCUT2D eigenvalue weighted by atomic mass is 16.5. The summed E-state index contributed by atoms with van der Waals surface area (Å²) in [5, 5.41) is 8.78. The lowest BCUT2D eigenvalue weighted by Crippen LogP contribution is -2.36. The van der Waals surface area contributed by atoms with Crippen LogP contribution in [0.4, 0.5) is 10.5 Å². The minimum atomic E-state index is -0.248. The van der Waals surface area contributed by atoms with Crippen LogP contribution in [0.25, 0.3) is 0 Å². The smallest absolute Gasteiger partial charge is 0.319 e. The summed E-state index contributed by atoms with van der Waals surface area (Å²) in [4.78, 5) is 23.7. The van der Waals surface area contributed by atoms with Crippen molar-refractivity contribution < 1.29 is 14.3 Å². The largest absolute Gasteiger partial charge is 0.495 e. The van der Waals surface area contributed by atoms with Crippen LogP contribution in [0.1, 0.15) is 19.8 Å². The molecule has 3 amide bonds. The Morgan fingerprint density at radius 2 is 2.17 bits per heavy atom. The molecule has 124 valence electrons. The van der Waals surface area contributed by atoms with E-state index >= 15 is 0 Å². The number of carbonyl (C=O) groups is 2. The number of nitrogens with one attached hydrogen (secondary N) is 3. The molecule has 6 heteroatoms. The molecular formula is C17H23N3O3. The van der Waals surface area contributed by atoms with Gasteiger partial charge in [0.2, 0.25) is 5.91 Å². The Morgan fingerprint density at radius 1 is 1.39 bits per heavy atom. The van der Waals surface area contributed by atoms with Gasteiger partial charge in [0.05, 0.1) is 12.8 Å². The fourth-order valence-electron chi connectivity index (χ4n) is 3.89. The average Bonchev–Trinajstić information content (AvgIpc) is 3.01. The molecule has 2 aliphatic rings. The Hall–Kier alpha value is -2.24. The molecule has 1 saturated heterocycles. The van der Waals surface area contributed by atoms with Crippen molar-refractivity contribution in [1.29, 1.82) is 0 Å². The Kier molecular flexibility index (Phi) is 4.41. The van der Waals surface area contributed by atoms with Crippen molar-refractivity contribution in [1.82, 2.24) is 10.6 Å². The third kappa shape index (κ3) is 3.25. The molecule has 0 unspecified atom stereocenters. The van der Waals surface area contributed by atoms with Crippen LogP contribution in [-0.2, 0) is 4.79 Å². The van der Waals surface area contributed by atoms with E-state index in [1.807, 2.05) is 12.1 Å². The fraction of sp³-hybridized carbons (Fsp3) is 0.529. The van der Waals surface area contributed by atoms with Crippen molar-refractivity contribution in [3.05, 3.63) is 24.3 Å². The molecule has 1 aliphatic carbocycles. The number of ether oxygens (including phenoxy) is 1. The van der Waals surface area contributed by atoms with Gasteiger partial charge in [0.1, 0.15) is 5.75 Å². The fourth-order valence-corrected chi connectivity index (χ4v) is 3.89. The van der Waals surface area contributed by atoms with Crippen LogP contribution in [0, 0.1) is 17.8 Å². The van der Waals surface area contributed by atoms with Crippen LogP contribution < -0.4 is 20.7 Å². The number of methoxy groups -OCH3 is 1. The molecule has 0 aromatic heterocycles. The first kappa shape index (κ1) is 15.6. The maximum Gasteiger partial charge on any atom is 0.319 e. The number of hydrogen-bond acceptors (Lipinski definition) is 3. The van der Waals surface area contributed by atoms with E-state index in [1.165, 1.54) is 0 Å². The molecule has 1 aliphatic heterocycles. The standard InChI is InChI=1S/C17H23N3O3/c1-10-7-14-11(8-16(21)19-14)12(10)9-18-17(22)20-13-5-3-4-6-15(13)23-2/h3-6,10-12,14H,7-9H2,1-2H3,(H,19,21)(H2,18,20,22)/t10-,11-,12+,14+/m0/s1. The zero-order valence-electron chi connectivity index (χ0n) is 13.5. The minimum absolute atomic E-state index is 0.135. The van der Waals surface area contributed by atoms with Gasteiger partial charge < -0.3 is 20.7 Å². The SMILES string of the molecule is COc1ccccc1NC(=O)NC[C@H]1[C@@H]2CC(=O)N[C@@H]2C[C@@H]1C. The third-order valence-corrected chi connectivity index (χ3v) is 5.04. The third-order valence-electron chi connectivity index (χ3n) is 5.04. The number of urea groups is 1. The van der Waals surface area contributed by atoms with Gasteiger partial charge in [-0.25, -0.2) is 4.79 Å². The van der Waals surface area contributed by atoms with Gasteiger partial charge in [-0.15, -0.1) is 0 Å². The molecule has 1 aromatic carbocycles. The molecule has 1 heterocycles. The summed E-state index contributed by atoms with van der Waals surface area (Å²) in [6, 6.07) is 7.33. The molecule has 23 heavy (non-hydrogen) atoms. The van der Waals surface area contributed by atoms with Gasteiger partial charge in [-0.2, -0.15) is 0 Å². The quantitative estimate of drug-likeness (QED) is 0.794. The maximum atomic E-state index is 12.1. The van der Waals surface area contributed by atoms with Crippen molar-refractivity contribution in [2.45, 2.75) is 25.8 Å². The van der Waals surface area contributed by atoms with Crippen LogP contribution in [0.3, 0.4) is 0 Å². The van der Waals surface area contributed by atoms with E-state index < -0.39 is 0 Å². The molecule has 3 N–H and O–H groups in total. The molecule has 0 spiro atoms. The number of hydrogen-bond donors (Lipinski definition) is 3. The second-order valence-electron chi connectivity index (χ2n) is 6.45. The van der Waals surface area contributed by atoms with Gasteiger partial charge in [0.15, 0.2) is 0 Å². The van der Waals surface area contributed by atoms with Crippen LogP contribution in [0.5, 0.6) is 5.75 Å². The lowest BCUT2D eigenvalue weighted by atomic mass is 9.88. The number of benzene rings is 1. The second kappa shape index (κ2) is 6.48. The Bertz CT molecular complexity index is 605. The van der Waals surface area contributed by atoms with E-state index in [-0.39, 0.29) is 18.0 Å². The van der Waals surface area contributed by atoms with Crippen LogP contribution in [0.15, 0.2) is 24.3 Å². The zero-order chi connectivity index (χ0) is 16.4. The zero-order valence-corrected chi connectivity index (χ0v) is 13.5. The molecule has 4 atom stereocenters. The summed E-state index contributed by atoms with van der Waals surface area (Å²) in [6.07, 6.45) is 1.58. The van der Waals surface area contributed by atoms with Gasteiger partial charge in [0.25, 0.3) is 0 Å². The summed E-state index contributed by atoms with van der Waals surface area (Å²) >= 11 is 0. The molecule has 0 bridgehead atoms. The first-order chi connectivity index (χ1) is 11.1. The van der Waals surface area contributed by atoms with Crippen LogP contribution >= 0.6 is 0 Å². The van der Waals surface area contributed by atoms with Gasteiger partial charge in [-0.1, -0.05) is 19.1 Å². The molecule has 2 fully saturated rings. The number of fused-ring (bicyclic) bond motifs is 1. The minimum Gasteiger partial charge on any atom is -0.495 e. The lowest BCUT2D eigenvalue weighted by molar-refractivity contribution is -0.119. The van der Waals surface area contributed by atoms with E-state index in [1.54, 1.807) is 19.2 Å². The Morgan fingerprint density at radius 3 is 2.96 bits per heavy atom. The normalized spacial score (nSPS) is 28.9. The number of anilines is 1. The van der Waals surface area contributed by atoms with Crippen molar-refractivity contribution >= 4 is 17.6 Å². The summed E-state index contributed by atoms with van der Waals surface area (Å²) < 4.78 is 5.22. The van der Waals surface area contributed by atoms with E-state index in [4.69, 9.17) is 4.74 Å². The topological polar surface area (TPSA) is 79.5 Å². The monoisotopic (exact) mass is 317 g/mol. The van der Waals surface area contributed by atoms with Gasteiger partial charge in [-0.3, -0.25) is 4.79 Å². The number of para-hydroxylation sites is 2. The lowest BCUT2D eigenvalue weighted by Gasteiger charge is -2.21. The van der Waals surface area contributed by atoms with E-state index in [9.17, 15) is 9.59 Å². The summed E-state index contributed by atoms with van der Waals surface area (Å²) in [5.41, 5.74) is 0.641. The Balaban J connectivity index is 1.55. The highest BCUT2D eigenvalue weighted by molar-refractivity contribution is 5.90. The highest BCUT2D eigenvalue weighted by Gasteiger charge is 2.46. The van der Waals surface area contributed by atoms with Crippen molar-refractivity contribution in [2.75, 3.05) is 19.0 Å². The van der Waals surface area contributed by atoms with Crippen molar-refractivity contribution in [3.63, 3.8) is 0 Å². The molecule has 6 nitrogen and oxygen atoms in total. The second-order valence-corrected chi connectivity index (χ2v) is 6.45. The summed E-state index contributed by atoms with van der Waals surface area (Å²) in [7, 11) is 1.57. The molecule has 3 rings (SSSR count). The molecule has 0 radical (unpaired) electrons. The van der Waals surface area contributed by atoms with E-state index in [0.29, 0.717) is 42.2 Å². The first-order valence-electron chi connectivity index (χ1n) is 8.05. The number of rotatable bonds is 4. The van der Waals surface area contributed by atoms with Crippen LogP contribution in [-0.4, -0.2) is 31.6 Å². The molecular weight excluding hydrogens is 294 g/mol. The molecule has 1 aromatic rings. The predicted octanol–water partition coefficient (Wildman–Crippen LogP) is 1.98. The Labute approximate surface area is 136 Å². The highest BCUT2D eigenvalue weighted by Crippen LogP contribution is 2.41. The molecule has 1 saturated carbocycles. The van der Waals surface area contributed by atoms with Crippen molar-refractivity contribution in [3.8, 4) is 5.75 Å². The van der Waals surface area contributed by atoms with Crippen LogP contribution in [0.2, 0.25) is 0 Å². The number of carbonyl (C=O) groups excluding carboxylic acids is 2. The van der Waals surface area contributed by atoms with E-state index in [2.05, 4.69) is 22.9 Å². The van der Waals surface area contributed by atoms with Gasteiger partial charge >= 0.3 is 6.03 Å². The van der Waals surface area contributed by atoms with Gasteiger partial charge in [-0.05, 0) is 36.3 Å². The number of amides is 3. The maximum absolute atomic E-state index is 12.1. The van der Waals surface area contributed by atoms with Gasteiger partial charge in [0, 0.05) is 19.0 Å². The first-order valence-corrected chi connectivity index (χ1v) is 8.05. The average molecular weight is 317 g/mol. The van der Waals surface area contributed by atoms with E-state index in [0.717, 1.165) is 6.42 Å². The predicted molar refractivity (Wildman–Crippen MR) is 87.3 cm³/mol. The summed E-state index contributed by atoms with van der Waals surface area (Å²) in [6.45, 7) is 2.77.